The Morgan fingerprint density at radius 1 is 1.12 bits per heavy atom. The molecule has 1 heterocycles. The molecule has 2 fully saturated rings. The monoisotopic (exact) mass is 382 g/mol. The molecule has 0 radical (unpaired) electrons. The van der Waals surface area contributed by atoms with Crippen LogP contribution in [0.15, 0.2) is 18.2 Å². The van der Waals surface area contributed by atoms with E-state index in [1.54, 1.807) is 37.3 Å². The van der Waals surface area contributed by atoms with Crippen LogP contribution in [0.1, 0.15) is 32.1 Å². The van der Waals surface area contributed by atoms with Crippen LogP contribution in [-0.2, 0) is 14.8 Å². The molecule has 0 bridgehead atoms. The van der Waals surface area contributed by atoms with Crippen LogP contribution < -0.4 is 19.1 Å². The van der Waals surface area contributed by atoms with Crippen molar-refractivity contribution in [3.8, 4) is 11.5 Å². The summed E-state index contributed by atoms with van der Waals surface area (Å²) in [7, 11) is -0.357. The van der Waals surface area contributed by atoms with E-state index < -0.39 is 16.1 Å². The van der Waals surface area contributed by atoms with Crippen molar-refractivity contribution in [1.29, 1.82) is 0 Å². The molecular weight excluding hydrogens is 356 g/mol. The Hall–Kier alpha value is -1.80. The summed E-state index contributed by atoms with van der Waals surface area (Å²) < 4.78 is 37.7. The van der Waals surface area contributed by atoms with Crippen molar-refractivity contribution in [2.45, 2.75) is 38.1 Å². The van der Waals surface area contributed by atoms with Crippen LogP contribution >= 0.6 is 0 Å². The molecule has 1 saturated heterocycles. The van der Waals surface area contributed by atoms with Gasteiger partial charge in [-0.25, -0.2) is 13.1 Å². The minimum Gasteiger partial charge on any atom is -0.497 e. The fourth-order valence-electron chi connectivity index (χ4n) is 3.37. The number of sulfonamides is 1. The fourth-order valence-corrected chi connectivity index (χ4v) is 4.79. The number of rotatable bonds is 8. The summed E-state index contributed by atoms with van der Waals surface area (Å²) >= 11 is 0. The van der Waals surface area contributed by atoms with Gasteiger partial charge in [0.05, 0.1) is 25.7 Å². The summed E-state index contributed by atoms with van der Waals surface area (Å²) in [5, 5.41) is 0. The smallest absolute Gasteiger partial charge is 0.245 e. The van der Waals surface area contributed by atoms with Crippen molar-refractivity contribution < 1.29 is 22.7 Å². The summed E-state index contributed by atoms with van der Waals surface area (Å²) in [6.45, 7) is 0.449. The number of methoxy groups -OCH3 is 2. The Morgan fingerprint density at radius 3 is 2.31 bits per heavy atom. The van der Waals surface area contributed by atoms with Gasteiger partial charge in [0.15, 0.2) is 0 Å². The standard InChI is InChI=1S/C18H26N2O5S/c1-24-15-10-14(11-16(12-15)25-2)20-8-6-17(18(20)21)19-26(22,23)9-7-13-4-3-5-13/h10-13,17,19H,3-9H2,1-2H3. The second kappa shape index (κ2) is 7.84. The third-order valence-electron chi connectivity index (χ3n) is 5.19. The lowest BCUT2D eigenvalue weighted by Gasteiger charge is -2.25. The van der Waals surface area contributed by atoms with E-state index in [2.05, 4.69) is 4.72 Å². The van der Waals surface area contributed by atoms with Crippen LogP contribution in [0.2, 0.25) is 0 Å². The second-order valence-corrected chi connectivity index (χ2v) is 8.80. The van der Waals surface area contributed by atoms with Crippen LogP contribution in [-0.4, -0.2) is 46.9 Å². The molecule has 1 aliphatic heterocycles. The van der Waals surface area contributed by atoms with Crippen molar-refractivity contribution in [3.63, 3.8) is 0 Å². The zero-order chi connectivity index (χ0) is 18.7. The predicted molar refractivity (Wildman–Crippen MR) is 99.2 cm³/mol. The lowest BCUT2D eigenvalue weighted by Crippen LogP contribution is -2.42. The molecular formula is C18H26N2O5S. The highest BCUT2D eigenvalue weighted by molar-refractivity contribution is 7.89. The molecule has 3 rings (SSSR count). The molecule has 1 aromatic carbocycles. The van der Waals surface area contributed by atoms with Crippen molar-refractivity contribution in [1.82, 2.24) is 4.72 Å². The van der Waals surface area contributed by atoms with Crippen LogP contribution in [0.4, 0.5) is 5.69 Å². The Labute approximate surface area is 154 Å². The lowest BCUT2D eigenvalue weighted by molar-refractivity contribution is -0.118. The van der Waals surface area contributed by atoms with E-state index in [0.29, 0.717) is 42.5 Å². The first kappa shape index (κ1) is 19.0. The van der Waals surface area contributed by atoms with Gasteiger partial charge in [-0.05, 0) is 18.8 Å². The number of ether oxygens (including phenoxy) is 2. The first-order valence-corrected chi connectivity index (χ1v) is 10.6. The zero-order valence-electron chi connectivity index (χ0n) is 15.2. The highest BCUT2D eigenvalue weighted by atomic mass is 32.2. The highest BCUT2D eigenvalue weighted by Crippen LogP contribution is 2.32. The third kappa shape index (κ3) is 4.29. The number of hydrogen-bond donors (Lipinski definition) is 1. The number of nitrogens with zero attached hydrogens (tertiary/aromatic N) is 1. The molecule has 1 saturated carbocycles. The van der Waals surface area contributed by atoms with Gasteiger partial charge in [0.25, 0.3) is 0 Å². The number of hydrogen-bond acceptors (Lipinski definition) is 5. The molecule has 26 heavy (non-hydrogen) atoms. The molecule has 1 atom stereocenters. The maximum atomic E-state index is 12.7. The van der Waals surface area contributed by atoms with Gasteiger partial charge in [-0.2, -0.15) is 0 Å². The minimum absolute atomic E-state index is 0.0917. The summed E-state index contributed by atoms with van der Waals surface area (Å²) in [6.07, 6.45) is 4.54. The molecule has 1 unspecified atom stereocenters. The average molecular weight is 382 g/mol. The Bertz CT molecular complexity index is 739. The Morgan fingerprint density at radius 2 is 1.77 bits per heavy atom. The predicted octanol–water partition coefficient (Wildman–Crippen LogP) is 1.92. The Kier molecular flexibility index (Phi) is 5.72. The molecule has 8 heteroatoms. The Balaban J connectivity index is 1.65. The number of benzene rings is 1. The maximum Gasteiger partial charge on any atom is 0.245 e. The zero-order valence-corrected chi connectivity index (χ0v) is 16.0. The van der Waals surface area contributed by atoms with Gasteiger partial charge >= 0.3 is 0 Å². The van der Waals surface area contributed by atoms with E-state index in [1.807, 2.05) is 0 Å². The summed E-state index contributed by atoms with van der Waals surface area (Å²) in [4.78, 5) is 14.3. The van der Waals surface area contributed by atoms with Gasteiger partial charge in [-0.15, -0.1) is 0 Å². The number of carbonyl (C=O) groups excluding carboxylic acids is 1. The molecule has 1 amide bonds. The van der Waals surface area contributed by atoms with E-state index in [-0.39, 0.29) is 11.7 Å². The lowest BCUT2D eigenvalue weighted by atomic mass is 9.84. The normalized spacial score (nSPS) is 20.9. The van der Waals surface area contributed by atoms with E-state index in [1.165, 1.54) is 6.42 Å². The van der Waals surface area contributed by atoms with Crippen LogP contribution in [0.5, 0.6) is 11.5 Å². The van der Waals surface area contributed by atoms with Crippen molar-refractivity contribution in [2.75, 3.05) is 31.4 Å². The van der Waals surface area contributed by atoms with Crippen LogP contribution in [0.25, 0.3) is 0 Å². The molecule has 144 valence electrons. The quantitative estimate of drug-likeness (QED) is 0.742. The number of carbonyl (C=O) groups is 1. The van der Waals surface area contributed by atoms with Crippen molar-refractivity contribution in [2.24, 2.45) is 5.92 Å². The van der Waals surface area contributed by atoms with E-state index >= 15 is 0 Å². The van der Waals surface area contributed by atoms with E-state index in [4.69, 9.17) is 9.47 Å². The second-order valence-electron chi connectivity index (χ2n) is 6.92. The molecule has 1 aromatic rings. The van der Waals surface area contributed by atoms with Gasteiger partial charge < -0.3 is 14.4 Å². The highest BCUT2D eigenvalue weighted by Gasteiger charge is 2.35. The molecule has 7 nitrogen and oxygen atoms in total. The topological polar surface area (TPSA) is 84.9 Å². The van der Waals surface area contributed by atoms with Gasteiger partial charge in [0.1, 0.15) is 17.5 Å². The van der Waals surface area contributed by atoms with Gasteiger partial charge in [0.2, 0.25) is 15.9 Å². The molecule has 2 aliphatic rings. The summed E-state index contributed by atoms with van der Waals surface area (Å²) in [5.74, 6) is 1.53. The SMILES string of the molecule is COc1cc(OC)cc(N2CCC(NS(=O)(=O)CCC3CCC3)C2=O)c1. The average Bonchev–Trinajstić information content (AvgIpc) is 2.93. The summed E-state index contributed by atoms with van der Waals surface area (Å²) in [5.41, 5.74) is 0.641. The number of anilines is 1. The molecule has 1 aliphatic carbocycles. The first-order valence-electron chi connectivity index (χ1n) is 8.96. The van der Waals surface area contributed by atoms with Crippen LogP contribution in [0.3, 0.4) is 0 Å². The maximum absolute atomic E-state index is 12.7. The number of nitrogens with one attached hydrogen (secondary N) is 1. The minimum atomic E-state index is -3.45. The first-order chi connectivity index (χ1) is 12.4. The van der Waals surface area contributed by atoms with E-state index in [9.17, 15) is 13.2 Å². The summed E-state index contributed by atoms with van der Waals surface area (Å²) in [6, 6.07) is 4.51. The van der Waals surface area contributed by atoms with Crippen LogP contribution in [0, 0.1) is 5.92 Å². The van der Waals surface area contributed by atoms with Crippen molar-refractivity contribution >= 4 is 21.6 Å². The van der Waals surface area contributed by atoms with Gasteiger partial charge in [0, 0.05) is 24.7 Å². The molecule has 0 spiro atoms. The van der Waals surface area contributed by atoms with Crippen molar-refractivity contribution in [3.05, 3.63) is 18.2 Å². The van der Waals surface area contributed by atoms with Gasteiger partial charge in [-0.1, -0.05) is 19.3 Å². The van der Waals surface area contributed by atoms with E-state index in [0.717, 1.165) is 12.8 Å². The van der Waals surface area contributed by atoms with Gasteiger partial charge in [-0.3, -0.25) is 4.79 Å². The largest absolute Gasteiger partial charge is 0.497 e. The molecule has 1 N–H and O–H groups in total. The fraction of sp³-hybridized carbons (Fsp3) is 0.611. The number of amides is 1. The third-order valence-corrected chi connectivity index (χ3v) is 6.61. The molecule has 0 aromatic heterocycles.